The number of nitrogens with two attached hydrogens (primary N) is 1. The van der Waals surface area contributed by atoms with Crippen molar-refractivity contribution in [1.29, 1.82) is 0 Å². The van der Waals surface area contributed by atoms with E-state index in [9.17, 15) is 4.79 Å². The van der Waals surface area contributed by atoms with E-state index in [2.05, 4.69) is 4.98 Å². The molecule has 0 radical (unpaired) electrons. The van der Waals surface area contributed by atoms with E-state index in [0.29, 0.717) is 10.6 Å². The van der Waals surface area contributed by atoms with E-state index >= 15 is 0 Å². The number of primary amides is 1. The standard InChI is InChI=1S/C9H7ClN2O/c10-8-5-3-4-12-7(5)2-1-6(8)9(11)13/h1-4,12H,(H2,11,13). The summed E-state index contributed by atoms with van der Waals surface area (Å²) in [7, 11) is 0. The first-order chi connectivity index (χ1) is 6.20. The highest BCUT2D eigenvalue weighted by atomic mass is 35.5. The summed E-state index contributed by atoms with van der Waals surface area (Å²) in [5, 5.41) is 1.23. The lowest BCUT2D eigenvalue weighted by atomic mass is 10.1. The van der Waals surface area contributed by atoms with E-state index in [1.165, 1.54) is 0 Å². The molecular weight excluding hydrogens is 188 g/mol. The van der Waals surface area contributed by atoms with E-state index in [4.69, 9.17) is 17.3 Å². The highest BCUT2D eigenvalue weighted by molar-refractivity contribution is 6.38. The molecule has 0 aliphatic heterocycles. The molecule has 4 heteroatoms. The van der Waals surface area contributed by atoms with Crippen LogP contribution < -0.4 is 5.73 Å². The van der Waals surface area contributed by atoms with E-state index in [1.807, 2.05) is 6.07 Å². The van der Waals surface area contributed by atoms with Crippen LogP contribution in [0.15, 0.2) is 24.4 Å². The molecule has 0 aliphatic rings. The number of amides is 1. The predicted octanol–water partition coefficient (Wildman–Crippen LogP) is 1.92. The summed E-state index contributed by atoms with van der Waals surface area (Å²) in [6.07, 6.45) is 1.77. The number of carbonyl (C=O) groups excluding carboxylic acids is 1. The van der Waals surface area contributed by atoms with Gasteiger partial charge in [-0.05, 0) is 18.2 Å². The normalized spacial score (nSPS) is 10.5. The molecule has 0 fully saturated rings. The van der Waals surface area contributed by atoms with Gasteiger partial charge in [-0.3, -0.25) is 4.79 Å². The monoisotopic (exact) mass is 194 g/mol. The average Bonchev–Trinajstić information content (AvgIpc) is 2.52. The van der Waals surface area contributed by atoms with E-state index < -0.39 is 5.91 Å². The van der Waals surface area contributed by atoms with Gasteiger partial charge in [-0.25, -0.2) is 0 Å². The van der Waals surface area contributed by atoms with Gasteiger partial charge >= 0.3 is 0 Å². The molecule has 2 aromatic rings. The van der Waals surface area contributed by atoms with Gasteiger partial charge < -0.3 is 10.7 Å². The number of hydrogen-bond donors (Lipinski definition) is 2. The van der Waals surface area contributed by atoms with Crippen molar-refractivity contribution in [3.63, 3.8) is 0 Å². The lowest BCUT2D eigenvalue weighted by Crippen LogP contribution is -2.11. The molecule has 3 nitrogen and oxygen atoms in total. The Bertz CT molecular complexity index is 475. The van der Waals surface area contributed by atoms with Crippen molar-refractivity contribution in [2.45, 2.75) is 0 Å². The molecule has 0 atom stereocenters. The Morgan fingerprint density at radius 3 is 2.85 bits per heavy atom. The number of nitrogens with one attached hydrogen (secondary N) is 1. The molecule has 13 heavy (non-hydrogen) atoms. The van der Waals surface area contributed by atoms with Crippen molar-refractivity contribution < 1.29 is 4.79 Å². The summed E-state index contributed by atoms with van der Waals surface area (Å²) in [5.41, 5.74) is 6.39. The maximum atomic E-state index is 10.9. The summed E-state index contributed by atoms with van der Waals surface area (Å²) < 4.78 is 0. The first-order valence-corrected chi connectivity index (χ1v) is 4.13. The molecule has 0 saturated heterocycles. The smallest absolute Gasteiger partial charge is 0.250 e. The summed E-state index contributed by atoms with van der Waals surface area (Å²) in [4.78, 5) is 13.9. The zero-order chi connectivity index (χ0) is 9.42. The molecule has 1 heterocycles. The minimum absolute atomic E-state index is 0.355. The fraction of sp³-hybridized carbons (Fsp3) is 0. The van der Waals surface area contributed by atoms with Gasteiger partial charge in [-0.15, -0.1) is 0 Å². The Labute approximate surface area is 79.5 Å². The Morgan fingerprint density at radius 1 is 1.38 bits per heavy atom. The van der Waals surface area contributed by atoms with Crippen LogP contribution in [0, 0.1) is 0 Å². The van der Waals surface area contributed by atoms with Crippen LogP contribution in [0.25, 0.3) is 10.9 Å². The van der Waals surface area contributed by atoms with Crippen molar-refractivity contribution in [1.82, 2.24) is 4.98 Å². The molecule has 3 N–H and O–H groups in total. The molecule has 0 saturated carbocycles. The average molecular weight is 195 g/mol. The quantitative estimate of drug-likeness (QED) is 0.716. The molecule has 1 amide bonds. The number of aromatic nitrogens is 1. The van der Waals surface area contributed by atoms with Gasteiger partial charge in [0.15, 0.2) is 0 Å². The van der Waals surface area contributed by atoms with Crippen molar-refractivity contribution in [2.75, 3.05) is 0 Å². The molecule has 66 valence electrons. The maximum absolute atomic E-state index is 10.9. The van der Waals surface area contributed by atoms with E-state index in [0.717, 1.165) is 10.9 Å². The van der Waals surface area contributed by atoms with Crippen molar-refractivity contribution in [3.8, 4) is 0 Å². The molecule has 2 rings (SSSR count). The van der Waals surface area contributed by atoms with Gasteiger partial charge in [0, 0.05) is 17.1 Å². The van der Waals surface area contributed by atoms with Crippen molar-refractivity contribution in [3.05, 3.63) is 35.0 Å². The Hall–Kier alpha value is -1.48. The van der Waals surface area contributed by atoms with Crippen LogP contribution in [0.5, 0.6) is 0 Å². The number of carbonyl (C=O) groups is 1. The minimum atomic E-state index is -0.506. The third-order valence-corrected chi connectivity index (χ3v) is 2.34. The molecular formula is C9H7ClN2O. The van der Waals surface area contributed by atoms with Crippen molar-refractivity contribution in [2.24, 2.45) is 5.73 Å². The van der Waals surface area contributed by atoms with Crippen LogP contribution in [0.1, 0.15) is 10.4 Å². The van der Waals surface area contributed by atoms with E-state index in [-0.39, 0.29) is 0 Å². The van der Waals surface area contributed by atoms with Gasteiger partial charge in [-0.1, -0.05) is 11.6 Å². The van der Waals surface area contributed by atoms with Crippen LogP contribution in [0.4, 0.5) is 0 Å². The largest absolute Gasteiger partial charge is 0.366 e. The molecule has 0 spiro atoms. The summed E-state index contributed by atoms with van der Waals surface area (Å²) in [6, 6.07) is 5.20. The number of H-pyrrole nitrogens is 1. The predicted molar refractivity (Wildman–Crippen MR) is 51.8 cm³/mol. The maximum Gasteiger partial charge on any atom is 0.250 e. The van der Waals surface area contributed by atoms with E-state index in [1.54, 1.807) is 18.3 Å². The molecule has 0 aliphatic carbocycles. The third-order valence-electron chi connectivity index (χ3n) is 1.93. The Morgan fingerprint density at radius 2 is 2.15 bits per heavy atom. The summed E-state index contributed by atoms with van der Waals surface area (Å²) in [6.45, 7) is 0. The van der Waals surface area contributed by atoms with Gasteiger partial charge in [0.1, 0.15) is 0 Å². The number of fused-ring (bicyclic) bond motifs is 1. The minimum Gasteiger partial charge on any atom is -0.366 e. The third kappa shape index (κ3) is 1.17. The highest BCUT2D eigenvalue weighted by Crippen LogP contribution is 2.26. The molecule has 1 aromatic carbocycles. The fourth-order valence-electron chi connectivity index (χ4n) is 1.29. The highest BCUT2D eigenvalue weighted by Gasteiger charge is 2.09. The van der Waals surface area contributed by atoms with Crippen molar-refractivity contribution >= 4 is 28.4 Å². The second kappa shape index (κ2) is 2.78. The summed E-state index contributed by atoms with van der Waals surface area (Å²) in [5.74, 6) is -0.506. The summed E-state index contributed by atoms with van der Waals surface area (Å²) >= 11 is 5.96. The van der Waals surface area contributed by atoms with Gasteiger partial charge in [0.05, 0.1) is 10.6 Å². The first-order valence-electron chi connectivity index (χ1n) is 3.75. The zero-order valence-corrected chi connectivity index (χ0v) is 7.43. The Balaban J connectivity index is 2.80. The van der Waals surface area contributed by atoms with Crippen LogP contribution in [-0.2, 0) is 0 Å². The van der Waals surface area contributed by atoms with Crippen LogP contribution in [0.2, 0.25) is 5.02 Å². The zero-order valence-electron chi connectivity index (χ0n) is 6.67. The first kappa shape index (κ1) is 8.13. The molecule has 0 bridgehead atoms. The number of hydrogen-bond acceptors (Lipinski definition) is 1. The van der Waals surface area contributed by atoms with Gasteiger partial charge in [0.25, 0.3) is 0 Å². The topological polar surface area (TPSA) is 58.9 Å². The SMILES string of the molecule is NC(=O)c1ccc2[nH]ccc2c1Cl. The second-order valence-electron chi connectivity index (χ2n) is 2.73. The van der Waals surface area contributed by atoms with Crippen LogP contribution in [0.3, 0.4) is 0 Å². The molecule has 1 aromatic heterocycles. The lowest BCUT2D eigenvalue weighted by Gasteiger charge is -1.99. The van der Waals surface area contributed by atoms with Crippen LogP contribution >= 0.6 is 11.6 Å². The fourth-order valence-corrected chi connectivity index (χ4v) is 1.61. The van der Waals surface area contributed by atoms with Crippen LogP contribution in [-0.4, -0.2) is 10.9 Å². The molecule has 0 unspecified atom stereocenters. The second-order valence-corrected chi connectivity index (χ2v) is 3.11. The Kier molecular flexibility index (Phi) is 1.74. The number of benzene rings is 1. The van der Waals surface area contributed by atoms with Gasteiger partial charge in [0.2, 0.25) is 5.91 Å². The number of rotatable bonds is 1. The number of aromatic amines is 1. The lowest BCUT2D eigenvalue weighted by molar-refractivity contribution is 0.100. The van der Waals surface area contributed by atoms with Gasteiger partial charge in [-0.2, -0.15) is 0 Å². The number of halogens is 1.